The Morgan fingerprint density at radius 2 is 2.00 bits per heavy atom. The Labute approximate surface area is 155 Å². The van der Waals surface area contributed by atoms with Gasteiger partial charge in [0.25, 0.3) is 10.0 Å². The molecule has 1 aliphatic rings. The van der Waals surface area contributed by atoms with E-state index in [2.05, 4.69) is 26.2 Å². The number of benzene rings is 1. The number of hydrogen-bond acceptors (Lipinski definition) is 4. The summed E-state index contributed by atoms with van der Waals surface area (Å²) in [4.78, 5) is 4.72. The third-order valence-electron chi connectivity index (χ3n) is 4.55. The third-order valence-corrected chi connectivity index (χ3v) is 6.74. The van der Waals surface area contributed by atoms with Gasteiger partial charge in [-0.1, -0.05) is 18.2 Å². The number of fused-ring (bicyclic) bond motifs is 1. The molecule has 0 amide bonds. The van der Waals surface area contributed by atoms with Gasteiger partial charge in [-0.05, 0) is 65.6 Å². The largest absolute Gasteiger partial charge is 0.314 e. The second-order valence-electron chi connectivity index (χ2n) is 6.26. The number of hydrogen-bond donors (Lipinski definition) is 1. The van der Waals surface area contributed by atoms with Gasteiger partial charge < -0.3 is 5.32 Å². The molecule has 2 aromatic heterocycles. The number of aromatic nitrogens is 2. The summed E-state index contributed by atoms with van der Waals surface area (Å²) in [5, 5.41) is 4.27. The molecule has 1 N–H and O–H groups in total. The van der Waals surface area contributed by atoms with E-state index in [1.54, 1.807) is 24.3 Å². The molecule has 1 fully saturated rings. The van der Waals surface area contributed by atoms with Gasteiger partial charge in [0, 0.05) is 23.5 Å². The lowest BCUT2D eigenvalue weighted by atomic mass is 10.1. The molecule has 0 saturated carbocycles. The standard InChI is InChI=1S/C18H18BrN3O2S/c19-17-9-8-13-11-15(12-14-5-4-10-20-14)22(18(13)21-17)25(23,24)16-6-2-1-3-7-16/h1-3,6-9,11,14,20H,4-5,10,12H2/t14-/m0/s1. The highest BCUT2D eigenvalue weighted by Crippen LogP contribution is 2.27. The van der Waals surface area contributed by atoms with Crippen molar-refractivity contribution in [2.75, 3.05) is 6.54 Å². The molecule has 0 radical (unpaired) electrons. The predicted octanol–water partition coefficient (Wildman–Crippen LogP) is 3.33. The van der Waals surface area contributed by atoms with Gasteiger partial charge in [-0.2, -0.15) is 0 Å². The molecule has 1 aliphatic heterocycles. The SMILES string of the molecule is O=S(=O)(c1ccccc1)n1c(C[C@@H]2CCCN2)cc2ccc(Br)nc21. The summed E-state index contributed by atoms with van der Waals surface area (Å²) in [5.41, 5.74) is 1.23. The molecule has 1 atom stereocenters. The average molecular weight is 420 g/mol. The van der Waals surface area contributed by atoms with E-state index in [0.717, 1.165) is 30.5 Å². The van der Waals surface area contributed by atoms with Crippen LogP contribution in [0, 0.1) is 0 Å². The van der Waals surface area contributed by atoms with Crippen LogP contribution in [0.25, 0.3) is 11.0 Å². The second kappa shape index (κ2) is 6.55. The zero-order valence-electron chi connectivity index (χ0n) is 13.5. The van der Waals surface area contributed by atoms with Crippen molar-refractivity contribution < 1.29 is 8.42 Å². The van der Waals surface area contributed by atoms with Gasteiger partial charge in [0.15, 0.2) is 5.65 Å². The first-order valence-electron chi connectivity index (χ1n) is 8.26. The smallest absolute Gasteiger partial charge is 0.269 e. The summed E-state index contributed by atoms with van der Waals surface area (Å²) in [6, 6.07) is 14.5. The molecular formula is C18H18BrN3O2S. The average Bonchev–Trinajstić information content (AvgIpc) is 3.23. The number of nitrogens with zero attached hydrogens (tertiary/aromatic N) is 2. The van der Waals surface area contributed by atoms with Crippen LogP contribution in [-0.4, -0.2) is 30.0 Å². The first-order chi connectivity index (χ1) is 12.1. The molecule has 0 aliphatic carbocycles. The van der Waals surface area contributed by atoms with E-state index in [1.165, 1.54) is 3.97 Å². The third kappa shape index (κ3) is 3.12. The Kier molecular flexibility index (Phi) is 4.39. The van der Waals surface area contributed by atoms with E-state index < -0.39 is 10.0 Å². The normalized spacial score (nSPS) is 18.0. The molecule has 0 unspecified atom stereocenters. The van der Waals surface area contributed by atoms with Gasteiger partial charge in [-0.25, -0.2) is 17.4 Å². The van der Waals surface area contributed by atoms with Crippen LogP contribution in [-0.2, 0) is 16.4 Å². The molecule has 7 heteroatoms. The lowest BCUT2D eigenvalue weighted by molar-refractivity contribution is 0.572. The van der Waals surface area contributed by atoms with Gasteiger partial charge >= 0.3 is 0 Å². The first kappa shape index (κ1) is 16.8. The maximum atomic E-state index is 13.3. The summed E-state index contributed by atoms with van der Waals surface area (Å²) < 4.78 is 28.6. The fourth-order valence-corrected chi connectivity index (χ4v) is 5.20. The highest BCUT2D eigenvalue weighted by atomic mass is 79.9. The van der Waals surface area contributed by atoms with Crippen molar-refractivity contribution in [1.29, 1.82) is 0 Å². The van der Waals surface area contributed by atoms with Gasteiger partial charge in [0.1, 0.15) is 4.60 Å². The van der Waals surface area contributed by atoms with E-state index in [4.69, 9.17) is 0 Å². The van der Waals surface area contributed by atoms with Crippen LogP contribution < -0.4 is 5.32 Å². The summed E-state index contributed by atoms with van der Waals surface area (Å²) in [7, 11) is -3.71. The predicted molar refractivity (Wildman–Crippen MR) is 101 cm³/mol. The van der Waals surface area contributed by atoms with E-state index in [1.807, 2.05) is 24.3 Å². The van der Waals surface area contributed by atoms with Crippen LogP contribution >= 0.6 is 15.9 Å². The Morgan fingerprint density at radius 1 is 1.20 bits per heavy atom. The quantitative estimate of drug-likeness (QED) is 0.658. The minimum atomic E-state index is -3.71. The van der Waals surface area contributed by atoms with Crippen molar-refractivity contribution in [3.63, 3.8) is 0 Å². The molecule has 1 saturated heterocycles. The Bertz CT molecular complexity index is 1010. The summed E-state index contributed by atoms with van der Waals surface area (Å²) in [6.07, 6.45) is 2.85. The van der Waals surface area contributed by atoms with Gasteiger partial charge in [0.2, 0.25) is 0 Å². The van der Waals surface area contributed by atoms with Crippen molar-refractivity contribution >= 4 is 37.0 Å². The molecule has 3 heterocycles. The van der Waals surface area contributed by atoms with Gasteiger partial charge in [-0.3, -0.25) is 0 Å². The second-order valence-corrected chi connectivity index (χ2v) is 8.86. The van der Waals surface area contributed by atoms with E-state index in [-0.39, 0.29) is 4.90 Å². The van der Waals surface area contributed by atoms with Crippen molar-refractivity contribution in [2.24, 2.45) is 0 Å². The Balaban J connectivity index is 1.91. The topological polar surface area (TPSA) is 64.0 Å². The van der Waals surface area contributed by atoms with Crippen LogP contribution in [0.15, 0.2) is 58.0 Å². The highest BCUT2D eigenvalue weighted by Gasteiger charge is 2.26. The van der Waals surface area contributed by atoms with Crippen LogP contribution in [0.5, 0.6) is 0 Å². The Morgan fingerprint density at radius 3 is 2.72 bits per heavy atom. The van der Waals surface area contributed by atoms with E-state index >= 15 is 0 Å². The summed E-state index contributed by atoms with van der Waals surface area (Å²) in [6.45, 7) is 0.986. The fourth-order valence-electron chi connectivity index (χ4n) is 3.38. The molecule has 0 bridgehead atoms. The number of nitrogens with one attached hydrogen (secondary N) is 1. The van der Waals surface area contributed by atoms with Crippen LogP contribution in [0.4, 0.5) is 0 Å². The first-order valence-corrected chi connectivity index (χ1v) is 10.5. The van der Waals surface area contributed by atoms with Crippen molar-refractivity contribution in [3.8, 4) is 0 Å². The number of pyridine rings is 1. The molecule has 1 aromatic carbocycles. The molecular weight excluding hydrogens is 402 g/mol. The minimum absolute atomic E-state index is 0.273. The van der Waals surface area contributed by atoms with Gasteiger partial charge in [0.05, 0.1) is 4.90 Å². The summed E-state index contributed by atoms with van der Waals surface area (Å²) >= 11 is 3.36. The van der Waals surface area contributed by atoms with Crippen LogP contribution in [0.1, 0.15) is 18.5 Å². The van der Waals surface area contributed by atoms with Crippen LogP contribution in [0.2, 0.25) is 0 Å². The zero-order valence-corrected chi connectivity index (χ0v) is 15.9. The van der Waals surface area contributed by atoms with E-state index in [9.17, 15) is 8.42 Å². The maximum absolute atomic E-state index is 13.3. The zero-order chi connectivity index (χ0) is 17.4. The number of rotatable bonds is 4. The lowest BCUT2D eigenvalue weighted by Crippen LogP contribution is -2.26. The van der Waals surface area contributed by atoms with Gasteiger partial charge in [-0.15, -0.1) is 0 Å². The molecule has 5 nitrogen and oxygen atoms in total. The Hall–Kier alpha value is -1.70. The minimum Gasteiger partial charge on any atom is -0.314 e. The molecule has 130 valence electrons. The summed E-state index contributed by atoms with van der Waals surface area (Å²) in [5.74, 6) is 0. The fraction of sp³-hybridized carbons (Fsp3) is 0.278. The van der Waals surface area contributed by atoms with Crippen LogP contribution in [0.3, 0.4) is 0 Å². The molecule has 25 heavy (non-hydrogen) atoms. The molecule has 0 spiro atoms. The highest BCUT2D eigenvalue weighted by molar-refractivity contribution is 9.10. The lowest BCUT2D eigenvalue weighted by Gasteiger charge is -2.14. The monoisotopic (exact) mass is 419 g/mol. The number of halogens is 1. The van der Waals surface area contributed by atoms with Crippen molar-refractivity contribution in [2.45, 2.75) is 30.2 Å². The maximum Gasteiger partial charge on any atom is 0.269 e. The van der Waals surface area contributed by atoms with Crippen molar-refractivity contribution in [3.05, 3.63) is 58.8 Å². The molecule has 3 aromatic rings. The van der Waals surface area contributed by atoms with E-state index in [0.29, 0.717) is 22.7 Å². The molecule has 4 rings (SSSR count). The van der Waals surface area contributed by atoms with Crippen molar-refractivity contribution in [1.82, 2.24) is 14.3 Å².